The van der Waals surface area contributed by atoms with Crippen LogP contribution >= 0.6 is 11.3 Å². The summed E-state index contributed by atoms with van der Waals surface area (Å²) in [5, 5.41) is 2.55. The molecule has 3 rings (SSSR count). The zero-order valence-electron chi connectivity index (χ0n) is 8.71. The van der Waals surface area contributed by atoms with Gasteiger partial charge in [0.1, 0.15) is 0 Å². The third-order valence-corrected chi connectivity index (χ3v) is 3.22. The van der Waals surface area contributed by atoms with Crippen LogP contribution in [-0.4, -0.2) is 14.5 Å². The number of nitrogen functional groups attached to an aromatic ring is 1. The molecule has 0 aliphatic rings. The zero-order valence-corrected chi connectivity index (χ0v) is 9.53. The molecule has 0 fully saturated rings. The molecule has 2 aromatic heterocycles. The highest BCUT2D eigenvalue weighted by Crippen LogP contribution is 2.25. The van der Waals surface area contributed by atoms with Gasteiger partial charge in [-0.1, -0.05) is 6.07 Å². The quantitative estimate of drug-likeness (QED) is 0.697. The summed E-state index contributed by atoms with van der Waals surface area (Å²) in [6.45, 7) is 0. The highest BCUT2D eigenvalue weighted by atomic mass is 32.1. The molecule has 0 bridgehead atoms. The van der Waals surface area contributed by atoms with E-state index in [0.717, 1.165) is 22.3 Å². The molecule has 2 heterocycles. The van der Waals surface area contributed by atoms with E-state index in [0.29, 0.717) is 5.13 Å². The van der Waals surface area contributed by atoms with Crippen LogP contribution in [0.3, 0.4) is 0 Å². The van der Waals surface area contributed by atoms with E-state index < -0.39 is 0 Å². The van der Waals surface area contributed by atoms with Crippen molar-refractivity contribution in [1.29, 1.82) is 0 Å². The first kappa shape index (κ1) is 9.35. The predicted molar refractivity (Wildman–Crippen MR) is 66.2 cm³/mol. The average molecular weight is 230 g/mol. The van der Waals surface area contributed by atoms with Crippen molar-refractivity contribution in [3.05, 3.63) is 29.9 Å². The minimum atomic E-state index is 0.594. The van der Waals surface area contributed by atoms with Gasteiger partial charge in [-0.3, -0.25) is 0 Å². The van der Waals surface area contributed by atoms with Crippen LogP contribution in [0.4, 0.5) is 5.13 Å². The standard InChI is InChI=1S/C11H10N4S/c1-15-6-13-8-4-7(2-3-10(8)15)9-5-16-11(12)14-9/h2-6H,1H3,(H2,12,14). The number of hydrogen-bond acceptors (Lipinski definition) is 4. The molecule has 5 heteroatoms. The van der Waals surface area contributed by atoms with Gasteiger partial charge in [-0.05, 0) is 12.1 Å². The second-order valence-corrected chi connectivity index (χ2v) is 4.52. The molecule has 4 nitrogen and oxygen atoms in total. The Morgan fingerprint density at radius 2 is 2.25 bits per heavy atom. The maximum Gasteiger partial charge on any atom is 0.180 e. The first-order valence-corrected chi connectivity index (χ1v) is 5.74. The van der Waals surface area contributed by atoms with Crippen molar-refractivity contribution in [2.45, 2.75) is 0 Å². The van der Waals surface area contributed by atoms with E-state index >= 15 is 0 Å². The maximum atomic E-state index is 5.62. The van der Waals surface area contributed by atoms with E-state index in [1.807, 2.05) is 41.5 Å². The number of anilines is 1. The summed E-state index contributed by atoms with van der Waals surface area (Å²) in [7, 11) is 1.98. The van der Waals surface area contributed by atoms with Crippen LogP contribution in [0.25, 0.3) is 22.3 Å². The number of thiazole rings is 1. The maximum absolute atomic E-state index is 5.62. The third kappa shape index (κ3) is 1.37. The van der Waals surface area contributed by atoms with E-state index in [9.17, 15) is 0 Å². The summed E-state index contributed by atoms with van der Waals surface area (Å²) in [4.78, 5) is 8.57. The van der Waals surface area contributed by atoms with Crippen molar-refractivity contribution in [2.75, 3.05) is 5.73 Å². The molecule has 1 aromatic carbocycles. The number of rotatable bonds is 1. The Morgan fingerprint density at radius 1 is 1.38 bits per heavy atom. The fourth-order valence-corrected chi connectivity index (χ4v) is 2.29. The molecule has 80 valence electrons. The molecule has 0 radical (unpaired) electrons. The fraction of sp³-hybridized carbons (Fsp3) is 0.0909. The van der Waals surface area contributed by atoms with Crippen molar-refractivity contribution < 1.29 is 0 Å². The second kappa shape index (κ2) is 3.31. The molecule has 0 unspecified atom stereocenters. The summed E-state index contributed by atoms with van der Waals surface area (Å²) in [5.74, 6) is 0. The smallest absolute Gasteiger partial charge is 0.180 e. The summed E-state index contributed by atoms with van der Waals surface area (Å²) in [6.07, 6.45) is 1.81. The first-order chi connectivity index (χ1) is 7.74. The van der Waals surface area contributed by atoms with Crippen LogP contribution in [0.1, 0.15) is 0 Å². The molecule has 0 atom stereocenters. The Balaban J connectivity index is 2.18. The number of fused-ring (bicyclic) bond motifs is 1. The molecule has 0 aliphatic carbocycles. The molecular weight excluding hydrogens is 220 g/mol. The lowest BCUT2D eigenvalue weighted by molar-refractivity contribution is 0.948. The van der Waals surface area contributed by atoms with Crippen molar-refractivity contribution in [1.82, 2.24) is 14.5 Å². The van der Waals surface area contributed by atoms with E-state index in [-0.39, 0.29) is 0 Å². The number of nitrogens with zero attached hydrogens (tertiary/aromatic N) is 3. The Bertz CT molecular complexity index is 653. The van der Waals surface area contributed by atoms with Gasteiger partial charge in [0, 0.05) is 18.0 Å². The van der Waals surface area contributed by atoms with E-state index in [4.69, 9.17) is 5.73 Å². The number of benzene rings is 1. The summed E-state index contributed by atoms with van der Waals surface area (Å²) < 4.78 is 1.99. The minimum absolute atomic E-state index is 0.594. The van der Waals surface area contributed by atoms with E-state index in [1.54, 1.807) is 0 Å². The van der Waals surface area contributed by atoms with Gasteiger partial charge in [0.05, 0.1) is 23.1 Å². The van der Waals surface area contributed by atoms with Gasteiger partial charge in [-0.2, -0.15) is 0 Å². The van der Waals surface area contributed by atoms with Gasteiger partial charge < -0.3 is 10.3 Å². The third-order valence-electron chi connectivity index (χ3n) is 2.54. The lowest BCUT2D eigenvalue weighted by Crippen LogP contribution is -1.85. The highest BCUT2D eigenvalue weighted by molar-refractivity contribution is 7.13. The molecule has 0 aliphatic heterocycles. The molecule has 0 amide bonds. The number of nitrogens with two attached hydrogens (primary N) is 1. The Hall–Kier alpha value is -1.88. The van der Waals surface area contributed by atoms with Gasteiger partial charge in [0.25, 0.3) is 0 Å². The zero-order chi connectivity index (χ0) is 11.1. The normalized spacial score (nSPS) is 11.1. The average Bonchev–Trinajstić information content (AvgIpc) is 2.86. The molecule has 0 saturated carbocycles. The lowest BCUT2D eigenvalue weighted by Gasteiger charge is -1.97. The fourth-order valence-electron chi connectivity index (χ4n) is 1.72. The number of imidazole rings is 1. The Kier molecular flexibility index (Phi) is 1.94. The Labute approximate surface area is 96.4 Å². The van der Waals surface area contributed by atoms with Crippen LogP contribution in [0.2, 0.25) is 0 Å². The van der Waals surface area contributed by atoms with E-state index in [2.05, 4.69) is 9.97 Å². The molecule has 2 N–H and O–H groups in total. The van der Waals surface area contributed by atoms with Gasteiger partial charge in [-0.25, -0.2) is 9.97 Å². The Morgan fingerprint density at radius 3 is 3.00 bits per heavy atom. The topological polar surface area (TPSA) is 56.7 Å². The van der Waals surface area contributed by atoms with Crippen molar-refractivity contribution in [2.24, 2.45) is 7.05 Å². The van der Waals surface area contributed by atoms with Crippen LogP contribution in [0.15, 0.2) is 29.9 Å². The van der Waals surface area contributed by atoms with Crippen LogP contribution in [0.5, 0.6) is 0 Å². The predicted octanol–water partition coefficient (Wildman–Crippen LogP) is 2.28. The highest BCUT2D eigenvalue weighted by Gasteiger charge is 2.05. The molecule has 0 saturated heterocycles. The van der Waals surface area contributed by atoms with Gasteiger partial charge in [0.2, 0.25) is 0 Å². The van der Waals surface area contributed by atoms with Crippen molar-refractivity contribution in [3.63, 3.8) is 0 Å². The van der Waals surface area contributed by atoms with Gasteiger partial charge in [0.15, 0.2) is 5.13 Å². The summed E-state index contributed by atoms with van der Waals surface area (Å²) >= 11 is 1.45. The molecule has 0 spiro atoms. The van der Waals surface area contributed by atoms with E-state index in [1.165, 1.54) is 11.3 Å². The first-order valence-electron chi connectivity index (χ1n) is 4.86. The van der Waals surface area contributed by atoms with Crippen LogP contribution < -0.4 is 5.73 Å². The van der Waals surface area contributed by atoms with Gasteiger partial charge in [-0.15, -0.1) is 11.3 Å². The summed E-state index contributed by atoms with van der Waals surface area (Å²) in [6, 6.07) is 6.12. The number of aromatic nitrogens is 3. The largest absolute Gasteiger partial charge is 0.375 e. The van der Waals surface area contributed by atoms with Crippen molar-refractivity contribution >= 4 is 27.5 Å². The number of hydrogen-bond donors (Lipinski definition) is 1. The molecule has 3 aromatic rings. The van der Waals surface area contributed by atoms with Crippen LogP contribution in [0, 0.1) is 0 Å². The number of aryl methyl sites for hydroxylation is 1. The van der Waals surface area contributed by atoms with Crippen LogP contribution in [-0.2, 0) is 7.05 Å². The minimum Gasteiger partial charge on any atom is -0.375 e. The van der Waals surface area contributed by atoms with Gasteiger partial charge >= 0.3 is 0 Å². The second-order valence-electron chi connectivity index (χ2n) is 3.63. The summed E-state index contributed by atoms with van der Waals surface area (Å²) in [5.41, 5.74) is 9.68. The molecule has 16 heavy (non-hydrogen) atoms. The monoisotopic (exact) mass is 230 g/mol. The lowest BCUT2D eigenvalue weighted by atomic mass is 10.1. The van der Waals surface area contributed by atoms with Crippen molar-refractivity contribution in [3.8, 4) is 11.3 Å². The molecular formula is C11H10N4S. The SMILES string of the molecule is Cn1cnc2cc(-c3csc(N)n3)ccc21.